The Bertz CT molecular complexity index is 488. The zero-order valence-electron chi connectivity index (χ0n) is 10.3. The van der Waals surface area contributed by atoms with Crippen LogP contribution in [0.15, 0.2) is 30.6 Å². The molecule has 0 bridgehead atoms. The van der Waals surface area contributed by atoms with E-state index in [-0.39, 0.29) is 0 Å². The molecule has 2 aromatic rings. The molecule has 0 saturated heterocycles. The first-order valence-electron chi connectivity index (χ1n) is 6.49. The van der Waals surface area contributed by atoms with Crippen molar-refractivity contribution in [2.24, 2.45) is 5.92 Å². The predicted octanol–water partition coefficient (Wildman–Crippen LogP) is 2.26. The van der Waals surface area contributed by atoms with E-state index in [4.69, 9.17) is 0 Å². The Morgan fingerprint density at radius 2 is 2.17 bits per heavy atom. The molecule has 0 aliphatic heterocycles. The molecule has 1 aliphatic rings. The zero-order chi connectivity index (χ0) is 12.2. The lowest BCUT2D eigenvalue weighted by Gasteiger charge is -2.12. The van der Waals surface area contributed by atoms with Crippen LogP contribution in [0.5, 0.6) is 0 Å². The molecule has 1 aromatic heterocycles. The number of hydrogen-bond acceptors (Lipinski definition) is 4. The summed E-state index contributed by atoms with van der Waals surface area (Å²) in [7, 11) is 0. The third-order valence-electron chi connectivity index (χ3n) is 3.53. The van der Waals surface area contributed by atoms with E-state index in [1.54, 1.807) is 11.0 Å². The molecule has 1 saturated carbocycles. The van der Waals surface area contributed by atoms with E-state index in [1.165, 1.54) is 25.7 Å². The number of nitrogens with one attached hydrogen (secondary N) is 1. The van der Waals surface area contributed by atoms with Gasteiger partial charge in [0.1, 0.15) is 6.33 Å². The molecule has 18 heavy (non-hydrogen) atoms. The lowest BCUT2D eigenvalue weighted by atomic mass is 10.1. The summed E-state index contributed by atoms with van der Waals surface area (Å²) >= 11 is 0. The van der Waals surface area contributed by atoms with Crippen molar-refractivity contribution >= 4 is 5.69 Å². The van der Waals surface area contributed by atoms with Gasteiger partial charge in [0.25, 0.3) is 0 Å². The van der Waals surface area contributed by atoms with Crippen molar-refractivity contribution in [2.45, 2.75) is 25.7 Å². The van der Waals surface area contributed by atoms with E-state index in [2.05, 4.69) is 33.0 Å². The minimum absolute atomic E-state index is 0.835. The molecule has 0 unspecified atom stereocenters. The summed E-state index contributed by atoms with van der Waals surface area (Å²) in [5, 5.41) is 14.7. The summed E-state index contributed by atoms with van der Waals surface area (Å²) in [5.41, 5.74) is 2.12. The van der Waals surface area contributed by atoms with Gasteiger partial charge >= 0.3 is 0 Å². The second-order valence-corrected chi connectivity index (χ2v) is 4.84. The van der Waals surface area contributed by atoms with Gasteiger partial charge in [-0.05, 0) is 47.4 Å². The van der Waals surface area contributed by atoms with Crippen LogP contribution in [0, 0.1) is 5.92 Å². The van der Waals surface area contributed by atoms with E-state index in [0.717, 1.165) is 23.8 Å². The fourth-order valence-corrected chi connectivity index (χ4v) is 2.51. The monoisotopic (exact) mass is 243 g/mol. The maximum Gasteiger partial charge on any atom is 0.143 e. The van der Waals surface area contributed by atoms with Crippen LogP contribution in [0.2, 0.25) is 0 Å². The molecule has 1 heterocycles. The number of hydrogen-bond donors (Lipinski definition) is 1. The van der Waals surface area contributed by atoms with Crippen LogP contribution in [0.1, 0.15) is 25.7 Å². The van der Waals surface area contributed by atoms with Crippen LogP contribution in [0.25, 0.3) is 5.69 Å². The number of anilines is 1. The third-order valence-corrected chi connectivity index (χ3v) is 3.53. The standard InChI is InChI=1S/C13H17N5/c1-2-5-11(4-1)9-14-12-6-3-7-13(8-12)18-10-15-16-17-18/h3,6-8,10-11,14H,1-2,4-5,9H2. The molecule has 0 atom stereocenters. The van der Waals surface area contributed by atoms with E-state index in [0.29, 0.717) is 0 Å². The van der Waals surface area contributed by atoms with Crippen molar-refractivity contribution in [3.63, 3.8) is 0 Å². The molecule has 5 heteroatoms. The van der Waals surface area contributed by atoms with E-state index in [9.17, 15) is 0 Å². The van der Waals surface area contributed by atoms with Gasteiger partial charge in [0.05, 0.1) is 5.69 Å². The first-order chi connectivity index (χ1) is 8.92. The molecule has 0 spiro atoms. The fraction of sp³-hybridized carbons (Fsp3) is 0.462. The van der Waals surface area contributed by atoms with Crippen molar-refractivity contribution in [3.8, 4) is 5.69 Å². The first kappa shape index (κ1) is 11.2. The molecule has 94 valence electrons. The Morgan fingerprint density at radius 1 is 1.28 bits per heavy atom. The van der Waals surface area contributed by atoms with Crippen LogP contribution in [0.3, 0.4) is 0 Å². The van der Waals surface area contributed by atoms with Crippen molar-refractivity contribution in [3.05, 3.63) is 30.6 Å². The summed E-state index contributed by atoms with van der Waals surface area (Å²) in [6, 6.07) is 8.18. The highest BCUT2D eigenvalue weighted by atomic mass is 15.5. The second kappa shape index (κ2) is 5.16. The van der Waals surface area contributed by atoms with Crippen molar-refractivity contribution in [1.29, 1.82) is 0 Å². The van der Waals surface area contributed by atoms with E-state index < -0.39 is 0 Å². The van der Waals surface area contributed by atoms with Gasteiger partial charge in [0.15, 0.2) is 0 Å². The normalized spacial score (nSPS) is 16.0. The average Bonchev–Trinajstić information content (AvgIpc) is 3.10. The molecule has 0 radical (unpaired) electrons. The van der Waals surface area contributed by atoms with Crippen LogP contribution in [-0.4, -0.2) is 26.8 Å². The average molecular weight is 243 g/mol. The van der Waals surface area contributed by atoms with Gasteiger partial charge in [-0.2, -0.15) is 0 Å². The van der Waals surface area contributed by atoms with Gasteiger partial charge in [-0.1, -0.05) is 18.9 Å². The van der Waals surface area contributed by atoms with E-state index in [1.807, 2.05) is 12.1 Å². The zero-order valence-corrected chi connectivity index (χ0v) is 10.3. The topological polar surface area (TPSA) is 55.6 Å². The molecular formula is C13H17N5. The first-order valence-corrected chi connectivity index (χ1v) is 6.49. The van der Waals surface area contributed by atoms with Gasteiger partial charge in [-0.15, -0.1) is 5.10 Å². The number of nitrogens with zero attached hydrogens (tertiary/aromatic N) is 4. The smallest absolute Gasteiger partial charge is 0.143 e. The number of aromatic nitrogens is 4. The largest absolute Gasteiger partial charge is 0.385 e. The quantitative estimate of drug-likeness (QED) is 0.895. The van der Waals surface area contributed by atoms with Crippen molar-refractivity contribution in [2.75, 3.05) is 11.9 Å². The van der Waals surface area contributed by atoms with Crippen LogP contribution < -0.4 is 5.32 Å². The minimum atomic E-state index is 0.835. The Kier molecular flexibility index (Phi) is 3.21. The van der Waals surface area contributed by atoms with E-state index >= 15 is 0 Å². The van der Waals surface area contributed by atoms with Gasteiger partial charge in [0, 0.05) is 12.2 Å². The van der Waals surface area contributed by atoms with Crippen LogP contribution in [0.4, 0.5) is 5.69 Å². The van der Waals surface area contributed by atoms with Crippen LogP contribution >= 0.6 is 0 Å². The van der Waals surface area contributed by atoms with Gasteiger partial charge < -0.3 is 5.32 Å². The maximum absolute atomic E-state index is 3.89. The highest BCUT2D eigenvalue weighted by molar-refractivity contribution is 5.50. The van der Waals surface area contributed by atoms with Gasteiger partial charge in [-0.25, -0.2) is 4.68 Å². The van der Waals surface area contributed by atoms with Crippen molar-refractivity contribution < 1.29 is 0 Å². The SMILES string of the molecule is c1cc(NCC2CCCC2)cc(-n2cnnn2)c1. The number of tetrazole rings is 1. The Balaban J connectivity index is 1.67. The second-order valence-electron chi connectivity index (χ2n) is 4.84. The molecule has 1 fully saturated rings. The summed E-state index contributed by atoms with van der Waals surface area (Å²) in [6.07, 6.45) is 7.10. The predicted molar refractivity (Wildman–Crippen MR) is 69.6 cm³/mol. The van der Waals surface area contributed by atoms with Crippen molar-refractivity contribution in [1.82, 2.24) is 20.2 Å². The lowest BCUT2D eigenvalue weighted by Crippen LogP contribution is -2.11. The summed E-state index contributed by atoms with van der Waals surface area (Å²) in [6.45, 7) is 1.07. The Labute approximate surface area is 106 Å². The molecule has 3 rings (SSSR count). The number of rotatable bonds is 4. The fourth-order valence-electron chi connectivity index (χ4n) is 2.51. The third kappa shape index (κ3) is 2.50. The molecular weight excluding hydrogens is 226 g/mol. The minimum Gasteiger partial charge on any atom is -0.385 e. The molecule has 1 N–H and O–H groups in total. The van der Waals surface area contributed by atoms with Gasteiger partial charge in [0.2, 0.25) is 0 Å². The number of benzene rings is 1. The molecule has 0 amide bonds. The van der Waals surface area contributed by atoms with Gasteiger partial charge in [-0.3, -0.25) is 0 Å². The summed E-state index contributed by atoms with van der Waals surface area (Å²) in [5.74, 6) is 0.835. The lowest BCUT2D eigenvalue weighted by molar-refractivity contribution is 0.580. The highest BCUT2D eigenvalue weighted by Gasteiger charge is 2.14. The molecule has 5 nitrogen and oxygen atoms in total. The Hall–Kier alpha value is -1.91. The summed E-state index contributed by atoms with van der Waals surface area (Å²) < 4.78 is 1.67. The summed E-state index contributed by atoms with van der Waals surface area (Å²) in [4.78, 5) is 0. The highest BCUT2D eigenvalue weighted by Crippen LogP contribution is 2.25. The molecule has 1 aromatic carbocycles. The molecule has 1 aliphatic carbocycles. The Morgan fingerprint density at radius 3 is 2.94 bits per heavy atom. The van der Waals surface area contributed by atoms with Crippen LogP contribution in [-0.2, 0) is 0 Å². The maximum atomic E-state index is 3.89.